The number of aryl methyl sites for hydroxylation is 2. The minimum atomic E-state index is -0.997. The Morgan fingerprint density at radius 1 is 1.32 bits per heavy atom. The Kier molecular flexibility index (Phi) is 3.51. The van der Waals surface area contributed by atoms with E-state index in [-0.39, 0.29) is 11.6 Å². The number of pyridine rings is 1. The fourth-order valence-electron chi connectivity index (χ4n) is 3.51. The zero-order valence-electron chi connectivity index (χ0n) is 14.0. The molecular formula is C19H19N3O3. The third-order valence-electron chi connectivity index (χ3n) is 4.96. The Bertz CT molecular complexity index is 993. The number of hydrogen-bond donors (Lipinski definition) is 3. The summed E-state index contributed by atoms with van der Waals surface area (Å²) >= 11 is 0. The van der Waals surface area contributed by atoms with E-state index in [0.29, 0.717) is 17.8 Å². The number of benzene rings is 1. The fourth-order valence-corrected chi connectivity index (χ4v) is 3.51. The number of carbonyl (C=O) groups is 1. The van der Waals surface area contributed by atoms with Gasteiger partial charge in [-0.05, 0) is 31.0 Å². The van der Waals surface area contributed by atoms with Gasteiger partial charge >= 0.3 is 5.97 Å². The first kappa shape index (κ1) is 15.7. The van der Waals surface area contributed by atoms with Crippen LogP contribution in [0.5, 0.6) is 0 Å². The molecule has 0 saturated heterocycles. The fraction of sp³-hybridized carbons (Fsp3) is 0.263. The summed E-state index contributed by atoms with van der Waals surface area (Å²) in [5, 5.41) is 23.2. The van der Waals surface area contributed by atoms with Crippen LogP contribution in [0.15, 0.2) is 36.5 Å². The van der Waals surface area contributed by atoms with Gasteiger partial charge in [0.1, 0.15) is 0 Å². The van der Waals surface area contributed by atoms with Gasteiger partial charge in [0.05, 0.1) is 29.1 Å². The van der Waals surface area contributed by atoms with E-state index in [0.717, 1.165) is 22.5 Å². The summed E-state index contributed by atoms with van der Waals surface area (Å²) in [6, 6.07) is 9.19. The van der Waals surface area contributed by atoms with Gasteiger partial charge in [-0.25, -0.2) is 9.78 Å². The Hall–Kier alpha value is -2.86. The second-order valence-corrected chi connectivity index (χ2v) is 6.52. The lowest BCUT2D eigenvalue weighted by Crippen LogP contribution is -2.21. The molecule has 4 rings (SSSR count). The van der Waals surface area contributed by atoms with E-state index in [4.69, 9.17) is 0 Å². The Morgan fingerprint density at radius 2 is 2.08 bits per heavy atom. The number of nitrogens with zero attached hydrogens (tertiary/aromatic N) is 2. The number of anilines is 1. The van der Waals surface area contributed by atoms with Crippen LogP contribution in [0, 0.1) is 13.8 Å². The van der Waals surface area contributed by atoms with Gasteiger partial charge in [-0.2, -0.15) is 0 Å². The third-order valence-corrected chi connectivity index (χ3v) is 4.96. The highest BCUT2D eigenvalue weighted by Crippen LogP contribution is 2.35. The van der Waals surface area contributed by atoms with E-state index in [2.05, 4.69) is 10.3 Å². The highest BCUT2D eigenvalue weighted by molar-refractivity contribution is 5.90. The molecule has 0 aliphatic heterocycles. The summed E-state index contributed by atoms with van der Waals surface area (Å²) in [5.74, 6) is -0.997. The Balaban J connectivity index is 1.84. The molecular weight excluding hydrogens is 318 g/mol. The standard InChI is InChI=1S/C19H19N3O3/c1-10-11(2)22-9-13(19(24)25)7-15(18(22)20-10)21-17-14-6-4-3-5-12(14)8-16(17)23/h3-7,9,16-17,21,23H,8H2,1-2H3,(H,24,25). The van der Waals surface area contributed by atoms with Gasteiger partial charge in [-0.3, -0.25) is 0 Å². The number of carboxylic acid groups (broad SMARTS) is 1. The molecule has 128 valence electrons. The molecule has 0 bridgehead atoms. The monoisotopic (exact) mass is 337 g/mol. The summed E-state index contributed by atoms with van der Waals surface area (Å²) in [5.41, 5.74) is 5.33. The molecule has 2 atom stereocenters. The largest absolute Gasteiger partial charge is 0.478 e. The van der Waals surface area contributed by atoms with Gasteiger partial charge in [-0.1, -0.05) is 24.3 Å². The van der Waals surface area contributed by atoms with E-state index in [1.54, 1.807) is 16.7 Å². The number of fused-ring (bicyclic) bond motifs is 2. The molecule has 6 nitrogen and oxygen atoms in total. The molecule has 3 N–H and O–H groups in total. The molecule has 1 aliphatic carbocycles. The van der Waals surface area contributed by atoms with Crippen molar-refractivity contribution in [2.24, 2.45) is 0 Å². The molecule has 1 aromatic carbocycles. The van der Waals surface area contributed by atoms with Crippen LogP contribution < -0.4 is 5.32 Å². The van der Waals surface area contributed by atoms with Crippen molar-refractivity contribution in [3.63, 3.8) is 0 Å². The highest BCUT2D eigenvalue weighted by atomic mass is 16.4. The van der Waals surface area contributed by atoms with Crippen molar-refractivity contribution in [1.82, 2.24) is 9.38 Å². The summed E-state index contributed by atoms with van der Waals surface area (Å²) in [4.78, 5) is 16.1. The van der Waals surface area contributed by atoms with Crippen molar-refractivity contribution < 1.29 is 15.0 Å². The maximum absolute atomic E-state index is 11.5. The van der Waals surface area contributed by atoms with Crippen LogP contribution in [0.25, 0.3) is 5.65 Å². The van der Waals surface area contributed by atoms with Gasteiger partial charge in [0, 0.05) is 18.3 Å². The molecule has 0 radical (unpaired) electrons. The minimum Gasteiger partial charge on any atom is -0.478 e. The van der Waals surface area contributed by atoms with Crippen LogP contribution in [-0.4, -0.2) is 31.7 Å². The lowest BCUT2D eigenvalue weighted by atomic mass is 10.1. The molecule has 2 heterocycles. The highest BCUT2D eigenvalue weighted by Gasteiger charge is 2.31. The van der Waals surface area contributed by atoms with E-state index in [1.807, 2.05) is 38.1 Å². The first-order valence-corrected chi connectivity index (χ1v) is 8.20. The molecule has 25 heavy (non-hydrogen) atoms. The zero-order valence-corrected chi connectivity index (χ0v) is 14.0. The van der Waals surface area contributed by atoms with Crippen molar-refractivity contribution in [2.45, 2.75) is 32.4 Å². The normalized spacial score (nSPS) is 19.2. The summed E-state index contributed by atoms with van der Waals surface area (Å²) < 4.78 is 1.79. The topological polar surface area (TPSA) is 86.9 Å². The molecule has 0 saturated carbocycles. The first-order valence-electron chi connectivity index (χ1n) is 8.20. The number of aromatic nitrogens is 2. The van der Waals surface area contributed by atoms with Gasteiger partial charge in [0.2, 0.25) is 0 Å². The van der Waals surface area contributed by atoms with Crippen LogP contribution in [0.4, 0.5) is 5.69 Å². The van der Waals surface area contributed by atoms with Gasteiger partial charge in [0.25, 0.3) is 0 Å². The predicted octanol–water partition coefficient (Wildman–Crippen LogP) is 2.72. The van der Waals surface area contributed by atoms with E-state index in [9.17, 15) is 15.0 Å². The molecule has 6 heteroatoms. The number of imidazole rings is 1. The van der Waals surface area contributed by atoms with Crippen LogP contribution in [0.3, 0.4) is 0 Å². The lowest BCUT2D eigenvalue weighted by molar-refractivity contribution is 0.0696. The first-order chi connectivity index (χ1) is 12.0. The number of aliphatic hydroxyl groups excluding tert-OH is 1. The van der Waals surface area contributed by atoms with Crippen molar-refractivity contribution in [3.05, 3.63) is 64.6 Å². The molecule has 2 aromatic heterocycles. The minimum absolute atomic E-state index is 0.177. The van der Waals surface area contributed by atoms with Crippen LogP contribution in [0.1, 0.15) is 38.9 Å². The van der Waals surface area contributed by atoms with Crippen LogP contribution >= 0.6 is 0 Å². The van der Waals surface area contributed by atoms with Gasteiger partial charge in [0.15, 0.2) is 5.65 Å². The number of carboxylic acids is 1. The maximum Gasteiger partial charge on any atom is 0.337 e. The average molecular weight is 337 g/mol. The second-order valence-electron chi connectivity index (χ2n) is 6.52. The Labute approximate surface area is 144 Å². The lowest BCUT2D eigenvalue weighted by Gasteiger charge is -2.20. The van der Waals surface area contributed by atoms with Crippen molar-refractivity contribution in [2.75, 3.05) is 5.32 Å². The SMILES string of the molecule is Cc1nc2c(NC3c4ccccc4CC3O)cc(C(=O)O)cn2c1C. The van der Waals surface area contributed by atoms with Gasteiger partial charge < -0.3 is 19.9 Å². The van der Waals surface area contributed by atoms with Gasteiger partial charge in [-0.15, -0.1) is 0 Å². The van der Waals surface area contributed by atoms with E-state index >= 15 is 0 Å². The molecule has 3 aromatic rings. The van der Waals surface area contributed by atoms with Crippen LogP contribution in [-0.2, 0) is 6.42 Å². The van der Waals surface area contributed by atoms with E-state index < -0.39 is 12.1 Å². The van der Waals surface area contributed by atoms with Crippen LogP contribution in [0.2, 0.25) is 0 Å². The predicted molar refractivity (Wildman–Crippen MR) is 94.1 cm³/mol. The molecule has 2 unspecified atom stereocenters. The van der Waals surface area contributed by atoms with Crippen molar-refractivity contribution >= 4 is 17.3 Å². The zero-order chi connectivity index (χ0) is 17.7. The smallest absolute Gasteiger partial charge is 0.337 e. The average Bonchev–Trinajstić information content (AvgIpc) is 3.05. The molecule has 1 aliphatic rings. The maximum atomic E-state index is 11.5. The molecule has 0 fully saturated rings. The number of rotatable bonds is 3. The molecule has 0 amide bonds. The summed E-state index contributed by atoms with van der Waals surface area (Å²) in [6.07, 6.45) is 1.59. The third kappa shape index (κ3) is 2.46. The summed E-state index contributed by atoms with van der Waals surface area (Å²) in [7, 11) is 0. The quantitative estimate of drug-likeness (QED) is 0.684. The number of hydrogen-bond acceptors (Lipinski definition) is 4. The second kappa shape index (κ2) is 5.60. The summed E-state index contributed by atoms with van der Waals surface area (Å²) in [6.45, 7) is 3.80. The Morgan fingerprint density at radius 3 is 2.84 bits per heavy atom. The molecule has 0 spiro atoms. The number of aromatic carboxylic acids is 1. The van der Waals surface area contributed by atoms with E-state index in [1.165, 1.54) is 0 Å². The van der Waals surface area contributed by atoms with Crippen molar-refractivity contribution in [3.8, 4) is 0 Å². The van der Waals surface area contributed by atoms with Crippen molar-refractivity contribution in [1.29, 1.82) is 0 Å². The number of aliphatic hydroxyl groups is 1. The number of nitrogens with one attached hydrogen (secondary N) is 1.